The Morgan fingerprint density at radius 3 is 2.73 bits per heavy atom. The number of aliphatic hydroxyl groups excluding tert-OH is 1. The van der Waals surface area contributed by atoms with E-state index in [9.17, 15) is 5.11 Å². The fourth-order valence-corrected chi connectivity index (χ4v) is 1.86. The second kappa shape index (κ2) is 5.53. The summed E-state index contributed by atoms with van der Waals surface area (Å²) in [6, 6.07) is 0.277. The first-order valence-corrected chi connectivity index (χ1v) is 5.71. The molecular formula is C9H13ClN2O2S. The lowest BCUT2D eigenvalue weighted by molar-refractivity contribution is 0.196. The summed E-state index contributed by atoms with van der Waals surface area (Å²) in [7, 11) is 1.50. The third kappa shape index (κ3) is 3.52. The zero-order valence-electron chi connectivity index (χ0n) is 8.77. The SMILES string of the molecule is COc1ncc(Cl)c(SC(C)C(C)O)n1. The summed E-state index contributed by atoms with van der Waals surface area (Å²) in [5, 5.41) is 10.5. The Morgan fingerprint density at radius 2 is 2.20 bits per heavy atom. The van der Waals surface area contributed by atoms with Crippen LogP contribution in [0.1, 0.15) is 13.8 Å². The summed E-state index contributed by atoms with van der Waals surface area (Å²) in [5.74, 6) is 0. The van der Waals surface area contributed by atoms with Crippen molar-refractivity contribution in [3.05, 3.63) is 11.2 Å². The Labute approximate surface area is 98.0 Å². The molecular weight excluding hydrogens is 236 g/mol. The number of nitrogens with zero attached hydrogens (tertiary/aromatic N) is 2. The summed E-state index contributed by atoms with van der Waals surface area (Å²) in [5.41, 5.74) is 0. The molecule has 1 N–H and O–H groups in total. The van der Waals surface area contributed by atoms with Crippen LogP contribution in [0.2, 0.25) is 5.02 Å². The van der Waals surface area contributed by atoms with E-state index in [1.165, 1.54) is 25.1 Å². The molecule has 2 unspecified atom stereocenters. The van der Waals surface area contributed by atoms with Gasteiger partial charge in [0, 0.05) is 5.25 Å². The fraction of sp³-hybridized carbons (Fsp3) is 0.556. The predicted octanol–water partition coefficient (Wildman–Crippen LogP) is 2.00. The molecule has 0 amide bonds. The van der Waals surface area contributed by atoms with Crippen molar-refractivity contribution in [1.82, 2.24) is 9.97 Å². The normalized spacial score (nSPS) is 14.7. The highest BCUT2D eigenvalue weighted by Gasteiger charge is 2.14. The second-order valence-corrected chi connectivity index (χ2v) is 4.85. The van der Waals surface area contributed by atoms with Crippen molar-refractivity contribution in [2.45, 2.75) is 30.2 Å². The number of hydrogen-bond donors (Lipinski definition) is 1. The molecule has 1 aromatic heterocycles. The third-order valence-electron chi connectivity index (χ3n) is 1.85. The second-order valence-electron chi connectivity index (χ2n) is 3.07. The molecule has 84 valence electrons. The quantitative estimate of drug-likeness (QED) is 0.653. The van der Waals surface area contributed by atoms with Crippen LogP contribution in [-0.4, -0.2) is 33.5 Å². The molecule has 0 radical (unpaired) electrons. The van der Waals surface area contributed by atoms with Gasteiger partial charge >= 0.3 is 6.01 Å². The van der Waals surface area contributed by atoms with Crippen LogP contribution in [-0.2, 0) is 0 Å². The van der Waals surface area contributed by atoms with E-state index >= 15 is 0 Å². The Morgan fingerprint density at radius 1 is 1.53 bits per heavy atom. The molecule has 15 heavy (non-hydrogen) atoms. The summed E-state index contributed by atoms with van der Waals surface area (Å²) < 4.78 is 4.90. The molecule has 0 fully saturated rings. The summed E-state index contributed by atoms with van der Waals surface area (Å²) in [6.45, 7) is 3.63. The van der Waals surface area contributed by atoms with Crippen molar-refractivity contribution in [2.75, 3.05) is 7.11 Å². The zero-order valence-corrected chi connectivity index (χ0v) is 10.3. The van der Waals surface area contributed by atoms with Crippen LogP contribution >= 0.6 is 23.4 Å². The summed E-state index contributed by atoms with van der Waals surface area (Å²) in [6.07, 6.45) is 1.07. The van der Waals surface area contributed by atoms with Crippen LogP contribution in [0.4, 0.5) is 0 Å². The molecule has 0 aliphatic carbocycles. The molecule has 0 aliphatic rings. The van der Waals surface area contributed by atoms with Gasteiger partial charge in [-0.2, -0.15) is 4.98 Å². The smallest absolute Gasteiger partial charge is 0.317 e. The molecule has 0 saturated heterocycles. The average molecular weight is 249 g/mol. The molecule has 6 heteroatoms. The van der Waals surface area contributed by atoms with Crippen LogP contribution in [0, 0.1) is 0 Å². The van der Waals surface area contributed by atoms with E-state index in [0.717, 1.165) is 0 Å². The van der Waals surface area contributed by atoms with E-state index in [4.69, 9.17) is 16.3 Å². The number of rotatable bonds is 4. The fourth-order valence-electron chi connectivity index (χ4n) is 0.792. The Hall–Kier alpha value is -0.520. The molecule has 1 rings (SSSR count). The van der Waals surface area contributed by atoms with Gasteiger partial charge in [0.2, 0.25) is 0 Å². The molecule has 1 heterocycles. The zero-order chi connectivity index (χ0) is 11.4. The van der Waals surface area contributed by atoms with E-state index < -0.39 is 6.10 Å². The molecule has 0 spiro atoms. The van der Waals surface area contributed by atoms with Crippen LogP contribution in [0.5, 0.6) is 6.01 Å². The Kier molecular flexibility index (Phi) is 4.63. The van der Waals surface area contributed by atoms with Crippen molar-refractivity contribution in [3.8, 4) is 6.01 Å². The minimum atomic E-state index is -0.424. The lowest BCUT2D eigenvalue weighted by atomic mass is 10.3. The van der Waals surface area contributed by atoms with Crippen molar-refractivity contribution >= 4 is 23.4 Å². The summed E-state index contributed by atoms with van der Waals surface area (Å²) >= 11 is 7.31. The van der Waals surface area contributed by atoms with Crippen LogP contribution in [0.25, 0.3) is 0 Å². The molecule has 1 aromatic rings. The predicted molar refractivity (Wildman–Crippen MR) is 60.6 cm³/mol. The number of ether oxygens (including phenoxy) is 1. The van der Waals surface area contributed by atoms with Gasteiger partial charge in [-0.25, -0.2) is 4.98 Å². The van der Waals surface area contributed by atoms with E-state index in [1.807, 2.05) is 6.92 Å². The average Bonchev–Trinajstić information content (AvgIpc) is 2.21. The first kappa shape index (κ1) is 12.5. The van der Waals surface area contributed by atoms with Gasteiger partial charge in [-0.15, -0.1) is 0 Å². The van der Waals surface area contributed by atoms with E-state index in [0.29, 0.717) is 10.0 Å². The van der Waals surface area contributed by atoms with Crippen LogP contribution in [0.15, 0.2) is 11.2 Å². The van der Waals surface area contributed by atoms with E-state index in [-0.39, 0.29) is 11.3 Å². The first-order valence-electron chi connectivity index (χ1n) is 4.46. The number of thioether (sulfide) groups is 1. The van der Waals surface area contributed by atoms with Crippen LogP contribution < -0.4 is 4.74 Å². The van der Waals surface area contributed by atoms with Crippen molar-refractivity contribution in [3.63, 3.8) is 0 Å². The van der Waals surface area contributed by atoms with Gasteiger partial charge < -0.3 is 9.84 Å². The Bertz CT molecular complexity index is 336. The lowest BCUT2D eigenvalue weighted by Gasteiger charge is -2.14. The number of methoxy groups -OCH3 is 1. The molecule has 0 aromatic carbocycles. The lowest BCUT2D eigenvalue weighted by Crippen LogP contribution is -2.15. The number of aromatic nitrogens is 2. The number of aliphatic hydroxyl groups is 1. The van der Waals surface area contributed by atoms with Gasteiger partial charge in [0.25, 0.3) is 0 Å². The monoisotopic (exact) mass is 248 g/mol. The van der Waals surface area contributed by atoms with Crippen molar-refractivity contribution in [1.29, 1.82) is 0 Å². The highest BCUT2D eigenvalue weighted by molar-refractivity contribution is 8.00. The molecule has 4 nitrogen and oxygen atoms in total. The van der Waals surface area contributed by atoms with Crippen molar-refractivity contribution in [2.24, 2.45) is 0 Å². The maximum Gasteiger partial charge on any atom is 0.317 e. The highest BCUT2D eigenvalue weighted by atomic mass is 35.5. The van der Waals surface area contributed by atoms with Crippen LogP contribution in [0.3, 0.4) is 0 Å². The maximum absolute atomic E-state index is 9.36. The topological polar surface area (TPSA) is 55.2 Å². The number of halogens is 1. The molecule has 0 saturated carbocycles. The largest absolute Gasteiger partial charge is 0.467 e. The first-order chi connectivity index (χ1) is 7.04. The van der Waals surface area contributed by atoms with Gasteiger partial charge in [0.1, 0.15) is 5.03 Å². The van der Waals surface area contributed by atoms with Gasteiger partial charge in [-0.05, 0) is 6.92 Å². The summed E-state index contributed by atoms with van der Waals surface area (Å²) in [4.78, 5) is 7.97. The third-order valence-corrected chi connectivity index (χ3v) is 3.54. The number of hydrogen-bond acceptors (Lipinski definition) is 5. The van der Waals surface area contributed by atoms with E-state index in [1.54, 1.807) is 6.92 Å². The van der Waals surface area contributed by atoms with Gasteiger partial charge in [-0.1, -0.05) is 30.3 Å². The van der Waals surface area contributed by atoms with Crippen molar-refractivity contribution < 1.29 is 9.84 Å². The molecule has 2 atom stereocenters. The minimum Gasteiger partial charge on any atom is -0.467 e. The van der Waals surface area contributed by atoms with Gasteiger partial charge in [-0.3, -0.25) is 0 Å². The molecule has 0 aliphatic heterocycles. The standard InChI is InChI=1S/C9H13ClN2O2S/c1-5(13)6(2)15-8-7(10)4-11-9(12-8)14-3/h4-6,13H,1-3H3. The maximum atomic E-state index is 9.36. The minimum absolute atomic E-state index is 0.0158. The van der Waals surface area contributed by atoms with Gasteiger partial charge in [0.15, 0.2) is 0 Å². The molecule has 0 bridgehead atoms. The Balaban J connectivity index is 2.83. The van der Waals surface area contributed by atoms with E-state index in [2.05, 4.69) is 9.97 Å². The highest BCUT2D eigenvalue weighted by Crippen LogP contribution is 2.30. The van der Waals surface area contributed by atoms with Gasteiger partial charge in [0.05, 0.1) is 24.4 Å².